The summed E-state index contributed by atoms with van der Waals surface area (Å²) in [6.07, 6.45) is 1.86. The predicted molar refractivity (Wildman–Crippen MR) is 92.8 cm³/mol. The van der Waals surface area contributed by atoms with E-state index in [-0.39, 0.29) is 10.5 Å². The van der Waals surface area contributed by atoms with Crippen molar-refractivity contribution in [3.63, 3.8) is 0 Å². The summed E-state index contributed by atoms with van der Waals surface area (Å²) in [6, 6.07) is 5.57. The molecule has 1 fully saturated rings. The average molecular weight is 368 g/mol. The number of nitrogens with zero attached hydrogens (tertiary/aromatic N) is 1. The fourth-order valence-electron chi connectivity index (χ4n) is 2.70. The first kappa shape index (κ1) is 19.4. The molecule has 2 N–H and O–H groups in total. The third kappa shape index (κ3) is 4.38. The van der Waals surface area contributed by atoms with E-state index < -0.39 is 27.4 Å². The smallest absolute Gasteiger partial charge is 0.328 e. The second kappa shape index (κ2) is 7.13. The van der Waals surface area contributed by atoms with Crippen molar-refractivity contribution in [3.8, 4) is 0 Å². The van der Waals surface area contributed by atoms with Crippen LogP contribution in [0.5, 0.6) is 0 Å². The highest BCUT2D eigenvalue weighted by atomic mass is 32.2. The van der Waals surface area contributed by atoms with Crippen LogP contribution in [0.3, 0.4) is 0 Å². The van der Waals surface area contributed by atoms with E-state index in [0.717, 1.165) is 12.8 Å². The number of nitrogens with one attached hydrogen (secondary N) is 1. The number of sulfonamides is 1. The maximum Gasteiger partial charge on any atom is 0.328 e. The zero-order valence-corrected chi connectivity index (χ0v) is 15.5. The number of benzene rings is 1. The van der Waals surface area contributed by atoms with E-state index in [1.807, 2.05) is 6.92 Å². The maximum atomic E-state index is 12.7. The maximum absolute atomic E-state index is 12.7. The van der Waals surface area contributed by atoms with E-state index in [1.165, 1.54) is 42.4 Å². The van der Waals surface area contributed by atoms with Gasteiger partial charge in [0.25, 0.3) is 5.91 Å². The number of amides is 1. The lowest BCUT2D eigenvalue weighted by molar-refractivity contribution is -0.143. The first-order valence-corrected chi connectivity index (χ1v) is 9.64. The van der Waals surface area contributed by atoms with Gasteiger partial charge in [0.1, 0.15) is 5.54 Å². The highest BCUT2D eigenvalue weighted by Gasteiger charge is 2.30. The first-order chi connectivity index (χ1) is 11.5. The molecule has 25 heavy (non-hydrogen) atoms. The molecule has 7 nitrogen and oxygen atoms in total. The lowest BCUT2D eigenvalue weighted by Gasteiger charge is -2.30. The van der Waals surface area contributed by atoms with Crippen molar-refractivity contribution < 1.29 is 23.1 Å². The molecule has 138 valence electrons. The van der Waals surface area contributed by atoms with Crippen molar-refractivity contribution in [2.24, 2.45) is 5.92 Å². The molecular weight excluding hydrogens is 344 g/mol. The van der Waals surface area contributed by atoms with Gasteiger partial charge in [0.05, 0.1) is 4.90 Å². The molecule has 1 unspecified atom stereocenters. The van der Waals surface area contributed by atoms with E-state index in [2.05, 4.69) is 5.32 Å². The third-order valence-corrected chi connectivity index (χ3v) is 6.21. The van der Waals surface area contributed by atoms with Crippen LogP contribution in [0.4, 0.5) is 0 Å². The molecule has 0 aromatic heterocycles. The van der Waals surface area contributed by atoms with Crippen molar-refractivity contribution in [1.29, 1.82) is 0 Å². The number of hydrogen-bond donors (Lipinski definition) is 2. The number of carbonyl (C=O) groups is 2. The molecule has 1 aromatic carbocycles. The molecule has 1 aromatic rings. The van der Waals surface area contributed by atoms with Crippen molar-refractivity contribution >= 4 is 21.9 Å². The Hall–Kier alpha value is -1.93. The third-order valence-electron chi connectivity index (χ3n) is 4.33. The molecule has 0 spiro atoms. The second-order valence-electron chi connectivity index (χ2n) is 7.02. The number of piperidine rings is 1. The van der Waals surface area contributed by atoms with Crippen LogP contribution >= 0.6 is 0 Å². The van der Waals surface area contributed by atoms with E-state index in [1.54, 1.807) is 0 Å². The van der Waals surface area contributed by atoms with E-state index >= 15 is 0 Å². The number of carboxylic acids is 1. The van der Waals surface area contributed by atoms with Crippen LogP contribution in [0.2, 0.25) is 0 Å². The molecule has 1 aliphatic heterocycles. The molecule has 2 rings (SSSR count). The van der Waals surface area contributed by atoms with Crippen LogP contribution in [0, 0.1) is 5.92 Å². The van der Waals surface area contributed by atoms with Crippen LogP contribution in [0.25, 0.3) is 0 Å². The molecule has 0 bridgehead atoms. The van der Waals surface area contributed by atoms with Crippen LogP contribution in [0.15, 0.2) is 29.2 Å². The summed E-state index contributed by atoms with van der Waals surface area (Å²) in [5, 5.41) is 11.5. The van der Waals surface area contributed by atoms with Gasteiger partial charge in [-0.15, -0.1) is 0 Å². The lowest BCUT2D eigenvalue weighted by atomic mass is 10.0. The SMILES string of the molecule is CC1CCCN(S(=O)(=O)c2ccc(C(=O)NC(C)(C)C(=O)O)cc2)C1. The molecule has 1 aliphatic rings. The highest BCUT2D eigenvalue weighted by molar-refractivity contribution is 7.89. The van der Waals surface area contributed by atoms with Crippen LogP contribution in [0.1, 0.15) is 44.0 Å². The Morgan fingerprint density at radius 2 is 1.84 bits per heavy atom. The first-order valence-electron chi connectivity index (χ1n) is 8.20. The largest absolute Gasteiger partial charge is 0.480 e. The number of hydrogen-bond acceptors (Lipinski definition) is 4. The van der Waals surface area contributed by atoms with Crippen molar-refractivity contribution in [3.05, 3.63) is 29.8 Å². The Bertz CT molecular complexity index is 756. The zero-order chi connectivity index (χ0) is 18.8. The van der Waals surface area contributed by atoms with Crippen LogP contribution < -0.4 is 5.32 Å². The summed E-state index contributed by atoms with van der Waals surface area (Å²) in [4.78, 5) is 23.3. The van der Waals surface area contributed by atoms with Gasteiger partial charge < -0.3 is 10.4 Å². The number of rotatable bonds is 5. The molecule has 1 heterocycles. The second-order valence-corrected chi connectivity index (χ2v) is 8.96. The van der Waals surface area contributed by atoms with Gasteiger partial charge in [-0.2, -0.15) is 4.31 Å². The topological polar surface area (TPSA) is 104 Å². The minimum Gasteiger partial charge on any atom is -0.480 e. The summed E-state index contributed by atoms with van der Waals surface area (Å²) in [5.74, 6) is -1.39. The molecule has 1 saturated heterocycles. The molecule has 0 saturated carbocycles. The van der Waals surface area contributed by atoms with Gasteiger partial charge in [-0.05, 0) is 56.9 Å². The molecular formula is C17H24N2O5S. The summed E-state index contributed by atoms with van der Waals surface area (Å²) >= 11 is 0. The van der Waals surface area contributed by atoms with Gasteiger partial charge in [-0.3, -0.25) is 4.79 Å². The van der Waals surface area contributed by atoms with Gasteiger partial charge in [0.15, 0.2) is 0 Å². The fourth-order valence-corrected chi connectivity index (χ4v) is 4.30. The van der Waals surface area contributed by atoms with Crippen molar-refractivity contribution in [2.75, 3.05) is 13.1 Å². The standard InChI is InChI=1S/C17H24N2O5S/c1-12-5-4-10-19(11-12)25(23,24)14-8-6-13(7-9-14)15(20)18-17(2,3)16(21)22/h6-9,12H,4-5,10-11H2,1-3H3,(H,18,20)(H,21,22). The van der Waals surface area contributed by atoms with Gasteiger partial charge in [-0.1, -0.05) is 6.92 Å². The van der Waals surface area contributed by atoms with E-state index in [9.17, 15) is 18.0 Å². The molecule has 0 radical (unpaired) electrons. The van der Waals surface area contributed by atoms with Gasteiger partial charge in [0.2, 0.25) is 10.0 Å². The lowest BCUT2D eigenvalue weighted by Crippen LogP contribution is -2.49. The summed E-state index contributed by atoms with van der Waals surface area (Å²) in [6.45, 7) is 5.78. The predicted octanol–water partition coefficient (Wildman–Crippen LogP) is 1.70. The number of carbonyl (C=O) groups excluding carboxylic acids is 1. The Labute approximate surface area is 148 Å². The Balaban J connectivity index is 2.16. The van der Waals surface area contributed by atoms with Crippen LogP contribution in [-0.2, 0) is 14.8 Å². The zero-order valence-electron chi connectivity index (χ0n) is 14.7. The normalized spacial score (nSPS) is 19.4. The monoisotopic (exact) mass is 368 g/mol. The molecule has 1 amide bonds. The molecule has 0 aliphatic carbocycles. The Morgan fingerprint density at radius 3 is 2.36 bits per heavy atom. The van der Waals surface area contributed by atoms with E-state index in [0.29, 0.717) is 19.0 Å². The average Bonchev–Trinajstić information content (AvgIpc) is 2.54. The minimum absolute atomic E-state index is 0.135. The van der Waals surface area contributed by atoms with Gasteiger partial charge in [0, 0.05) is 18.7 Å². The Morgan fingerprint density at radius 1 is 1.24 bits per heavy atom. The highest BCUT2D eigenvalue weighted by Crippen LogP contribution is 2.23. The van der Waals surface area contributed by atoms with Crippen molar-refractivity contribution in [1.82, 2.24) is 9.62 Å². The summed E-state index contributed by atoms with van der Waals surface area (Å²) in [7, 11) is -3.58. The Kier molecular flexibility index (Phi) is 5.53. The fraction of sp³-hybridized carbons (Fsp3) is 0.529. The van der Waals surface area contributed by atoms with E-state index in [4.69, 9.17) is 5.11 Å². The van der Waals surface area contributed by atoms with Crippen molar-refractivity contribution in [2.45, 2.75) is 44.0 Å². The summed E-state index contributed by atoms with van der Waals surface area (Å²) < 4.78 is 26.8. The van der Waals surface area contributed by atoms with Gasteiger partial charge >= 0.3 is 5.97 Å². The number of carboxylic acid groups (broad SMARTS) is 1. The molecule has 1 atom stereocenters. The quantitative estimate of drug-likeness (QED) is 0.823. The van der Waals surface area contributed by atoms with Crippen LogP contribution in [-0.4, -0.2) is 48.3 Å². The van der Waals surface area contributed by atoms with Gasteiger partial charge in [-0.25, -0.2) is 13.2 Å². The number of aliphatic carboxylic acids is 1. The minimum atomic E-state index is -3.58. The molecule has 8 heteroatoms. The summed E-state index contributed by atoms with van der Waals surface area (Å²) in [5.41, 5.74) is -1.20.